The van der Waals surface area contributed by atoms with Crippen LogP contribution >= 0.6 is 28.1 Å². The van der Waals surface area contributed by atoms with E-state index in [0.717, 1.165) is 4.90 Å². The molecule has 2 rings (SSSR count). The minimum atomic E-state index is -4.56. The minimum absolute atomic E-state index is 0.0127. The van der Waals surface area contributed by atoms with E-state index in [1.54, 1.807) is 0 Å². The first-order chi connectivity index (χ1) is 9.30. The molecule has 1 fully saturated rings. The highest BCUT2D eigenvalue weighted by Gasteiger charge is 2.47. The molecule has 1 aromatic carbocycles. The van der Waals surface area contributed by atoms with Gasteiger partial charge < -0.3 is 10.2 Å². The summed E-state index contributed by atoms with van der Waals surface area (Å²) in [6.07, 6.45) is -4.56. The fraction of sp³-hybridized carbons (Fsp3) is 0.333. The maximum absolute atomic E-state index is 13.3. The van der Waals surface area contributed by atoms with Gasteiger partial charge in [-0.05, 0) is 17.7 Å². The highest BCUT2D eigenvalue weighted by molar-refractivity contribution is 9.10. The molecule has 1 aliphatic rings. The Morgan fingerprint density at radius 1 is 1.30 bits per heavy atom. The van der Waals surface area contributed by atoms with Crippen LogP contribution in [0.15, 0.2) is 28.7 Å². The Hall–Kier alpha value is -1.15. The van der Waals surface area contributed by atoms with E-state index < -0.39 is 18.1 Å². The Labute approximate surface area is 127 Å². The van der Waals surface area contributed by atoms with Crippen molar-refractivity contribution in [2.45, 2.75) is 12.2 Å². The number of hydrogen-bond donors (Lipinski definition) is 1. The van der Waals surface area contributed by atoms with Crippen LogP contribution in [-0.4, -0.2) is 35.1 Å². The van der Waals surface area contributed by atoms with Crippen molar-refractivity contribution < 1.29 is 18.0 Å². The molecule has 3 nitrogen and oxygen atoms in total. The number of nitrogens with zero attached hydrogens (tertiary/aromatic N) is 1. The summed E-state index contributed by atoms with van der Waals surface area (Å²) in [5, 5.41) is 2.59. The third-order valence-corrected chi connectivity index (χ3v) is 3.75. The van der Waals surface area contributed by atoms with Gasteiger partial charge in [-0.1, -0.05) is 40.3 Å². The summed E-state index contributed by atoms with van der Waals surface area (Å²) < 4.78 is 40.6. The second-order valence-electron chi connectivity index (χ2n) is 4.25. The third-order valence-electron chi connectivity index (χ3n) is 2.90. The van der Waals surface area contributed by atoms with E-state index in [1.807, 2.05) is 0 Å². The molecule has 0 saturated carbocycles. The summed E-state index contributed by atoms with van der Waals surface area (Å²) >= 11 is 7.91. The monoisotopic (exact) mass is 366 g/mol. The van der Waals surface area contributed by atoms with Crippen molar-refractivity contribution in [2.75, 3.05) is 13.1 Å². The molecule has 20 heavy (non-hydrogen) atoms. The number of carbonyl (C=O) groups excluding carboxylic acids is 1. The lowest BCUT2D eigenvalue weighted by Gasteiger charge is -2.36. The SMILES string of the molecule is O=C1C(=S)NCCN1C(c1ccc(Br)cc1)C(F)(F)F. The van der Waals surface area contributed by atoms with Gasteiger partial charge in [0.05, 0.1) is 0 Å². The number of carbonyl (C=O) groups is 1. The minimum Gasteiger partial charge on any atom is -0.370 e. The molecule has 1 aliphatic heterocycles. The van der Waals surface area contributed by atoms with Crippen LogP contribution < -0.4 is 5.32 Å². The van der Waals surface area contributed by atoms with Crippen LogP contribution in [0.3, 0.4) is 0 Å². The fourth-order valence-electron chi connectivity index (χ4n) is 2.03. The predicted octanol–water partition coefficient (Wildman–Crippen LogP) is 2.81. The van der Waals surface area contributed by atoms with Gasteiger partial charge in [0, 0.05) is 17.6 Å². The summed E-state index contributed by atoms with van der Waals surface area (Å²) in [5.74, 6) is -0.795. The van der Waals surface area contributed by atoms with Gasteiger partial charge in [-0.15, -0.1) is 0 Å². The van der Waals surface area contributed by atoms with E-state index in [2.05, 4.69) is 21.2 Å². The zero-order valence-electron chi connectivity index (χ0n) is 10.1. The van der Waals surface area contributed by atoms with Crippen molar-refractivity contribution in [3.63, 3.8) is 0 Å². The molecule has 0 bridgehead atoms. The van der Waals surface area contributed by atoms with Gasteiger partial charge in [-0.25, -0.2) is 0 Å². The van der Waals surface area contributed by atoms with E-state index in [4.69, 9.17) is 12.2 Å². The zero-order chi connectivity index (χ0) is 14.9. The van der Waals surface area contributed by atoms with Crippen molar-refractivity contribution in [2.24, 2.45) is 0 Å². The number of rotatable bonds is 2. The van der Waals surface area contributed by atoms with Crippen molar-refractivity contribution >= 4 is 39.0 Å². The van der Waals surface area contributed by atoms with Crippen LogP contribution in [0.1, 0.15) is 11.6 Å². The van der Waals surface area contributed by atoms with E-state index in [9.17, 15) is 18.0 Å². The lowest BCUT2D eigenvalue weighted by atomic mass is 10.0. The van der Waals surface area contributed by atoms with Gasteiger partial charge in [-0.3, -0.25) is 4.79 Å². The zero-order valence-corrected chi connectivity index (χ0v) is 12.5. The third kappa shape index (κ3) is 3.12. The van der Waals surface area contributed by atoms with Gasteiger partial charge in [0.2, 0.25) is 0 Å². The second kappa shape index (κ2) is 5.69. The smallest absolute Gasteiger partial charge is 0.370 e. The van der Waals surface area contributed by atoms with Gasteiger partial charge in [0.15, 0.2) is 11.0 Å². The average molecular weight is 367 g/mol. The fourth-order valence-corrected chi connectivity index (χ4v) is 2.52. The van der Waals surface area contributed by atoms with Crippen LogP contribution in [0.2, 0.25) is 0 Å². The molecule has 1 N–H and O–H groups in total. The van der Waals surface area contributed by atoms with Crippen LogP contribution in [-0.2, 0) is 4.79 Å². The molecule has 1 amide bonds. The van der Waals surface area contributed by atoms with E-state index >= 15 is 0 Å². The Kier molecular flexibility index (Phi) is 4.33. The maximum Gasteiger partial charge on any atom is 0.413 e. The van der Waals surface area contributed by atoms with Crippen LogP contribution in [0.4, 0.5) is 13.2 Å². The van der Waals surface area contributed by atoms with Gasteiger partial charge >= 0.3 is 6.18 Å². The van der Waals surface area contributed by atoms with Gasteiger partial charge in [-0.2, -0.15) is 13.2 Å². The molecule has 0 spiro atoms. The van der Waals surface area contributed by atoms with Crippen molar-refractivity contribution in [3.8, 4) is 0 Å². The summed E-state index contributed by atoms with van der Waals surface area (Å²) in [6, 6.07) is 3.74. The molecular formula is C12H10BrF3N2OS. The molecule has 1 atom stereocenters. The molecule has 1 heterocycles. The average Bonchev–Trinajstić information content (AvgIpc) is 2.36. The summed E-state index contributed by atoms with van der Waals surface area (Å²) in [4.78, 5) is 12.5. The highest BCUT2D eigenvalue weighted by Crippen LogP contribution is 2.38. The van der Waals surface area contributed by atoms with Crippen LogP contribution in [0.25, 0.3) is 0 Å². The van der Waals surface area contributed by atoms with Crippen LogP contribution in [0, 0.1) is 0 Å². The maximum atomic E-state index is 13.3. The molecule has 108 valence electrons. The number of piperazine rings is 1. The molecule has 0 aromatic heterocycles. The first-order valence-corrected chi connectivity index (χ1v) is 6.92. The number of thiocarbonyl (C=S) groups is 1. The normalized spacial score (nSPS) is 17.9. The lowest BCUT2D eigenvalue weighted by Crippen LogP contribution is -2.55. The Morgan fingerprint density at radius 3 is 2.45 bits per heavy atom. The predicted molar refractivity (Wildman–Crippen MR) is 75.3 cm³/mol. The number of halogens is 4. The van der Waals surface area contributed by atoms with Crippen molar-refractivity contribution in [3.05, 3.63) is 34.3 Å². The molecule has 8 heteroatoms. The first-order valence-electron chi connectivity index (χ1n) is 5.71. The molecule has 0 aliphatic carbocycles. The first kappa shape index (κ1) is 15.2. The largest absolute Gasteiger partial charge is 0.413 e. The quantitative estimate of drug-likeness (QED) is 0.816. The number of nitrogens with one attached hydrogen (secondary N) is 1. The number of alkyl halides is 3. The van der Waals surface area contributed by atoms with Gasteiger partial charge in [0.25, 0.3) is 5.91 Å². The van der Waals surface area contributed by atoms with Crippen molar-refractivity contribution in [1.29, 1.82) is 0 Å². The van der Waals surface area contributed by atoms with Gasteiger partial charge in [0.1, 0.15) is 0 Å². The Bertz CT molecular complexity index is 532. The lowest BCUT2D eigenvalue weighted by molar-refractivity contribution is -0.190. The highest BCUT2D eigenvalue weighted by atomic mass is 79.9. The number of benzene rings is 1. The second-order valence-corrected chi connectivity index (χ2v) is 5.57. The molecule has 1 aromatic rings. The standard InChI is InChI=1S/C12H10BrF3N2OS/c13-8-3-1-7(2-4-8)9(12(14,15)16)18-6-5-17-10(20)11(18)19/h1-4,9H,5-6H2,(H,17,20). The van der Waals surface area contributed by atoms with E-state index in [-0.39, 0.29) is 23.6 Å². The topological polar surface area (TPSA) is 32.3 Å². The molecule has 1 unspecified atom stereocenters. The van der Waals surface area contributed by atoms with Crippen LogP contribution in [0.5, 0.6) is 0 Å². The van der Waals surface area contributed by atoms with Crippen molar-refractivity contribution in [1.82, 2.24) is 10.2 Å². The summed E-state index contributed by atoms with van der Waals surface area (Å²) in [5.41, 5.74) is 0.0127. The Balaban J connectivity index is 2.40. The molecule has 0 radical (unpaired) electrons. The Morgan fingerprint density at radius 2 is 1.90 bits per heavy atom. The van der Waals surface area contributed by atoms with E-state index in [1.165, 1.54) is 24.3 Å². The summed E-state index contributed by atoms with van der Waals surface area (Å²) in [7, 11) is 0. The number of hydrogen-bond acceptors (Lipinski definition) is 2. The van der Waals surface area contributed by atoms with E-state index in [0.29, 0.717) is 4.47 Å². The number of amides is 1. The summed E-state index contributed by atoms with van der Waals surface area (Å²) in [6.45, 7) is 0.174. The molecule has 1 saturated heterocycles. The molecular weight excluding hydrogens is 357 g/mol.